The predicted molar refractivity (Wildman–Crippen MR) is 117 cm³/mol. The molecule has 4 rings (SSSR count). The summed E-state index contributed by atoms with van der Waals surface area (Å²) in [5.74, 6) is 0.843. The molecule has 0 bridgehead atoms. The van der Waals surface area contributed by atoms with Gasteiger partial charge in [-0.2, -0.15) is 5.10 Å². The maximum Gasteiger partial charge on any atom is 0.255 e. The highest BCUT2D eigenvalue weighted by atomic mass is 35.5. The Kier molecular flexibility index (Phi) is 6.20. The van der Waals surface area contributed by atoms with Crippen LogP contribution in [0.4, 0.5) is 0 Å². The average Bonchev–Trinajstić information content (AvgIpc) is 3.19. The van der Waals surface area contributed by atoms with Crippen molar-refractivity contribution >= 4 is 28.5 Å². The number of aromatic nitrogens is 3. The molecule has 1 amide bonds. The lowest BCUT2D eigenvalue weighted by atomic mass is 10.2. The molecule has 2 aromatic heterocycles. The lowest BCUT2D eigenvalue weighted by Crippen LogP contribution is -2.49. The highest BCUT2D eigenvalue weighted by Gasteiger charge is 2.23. The molecule has 0 saturated carbocycles. The van der Waals surface area contributed by atoms with Crippen LogP contribution in [0.3, 0.4) is 0 Å². The summed E-state index contributed by atoms with van der Waals surface area (Å²) in [4.78, 5) is 21.6. The summed E-state index contributed by atoms with van der Waals surface area (Å²) in [5, 5.41) is 5.97. The standard InChI is InChI=1S/C22H26ClN5O2/c1-16(2)28-21-17(15-25-28)13-18(14-24-21)22(29)27-9-7-26(8-10-27)11-12-30-20-5-3-19(23)4-6-20/h3-6,13-16H,7-12H2,1-2H3. The van der Waals surface area contributed by atoms with Gasteiger partial charge in [-0.25, -0.2) is 9.67 Å². The molecule has 0 radical (unpaired) electrons. The van der Waals surface area contributed by atoms with E-state index in [-0.39, 0.29) is 11.9 Å². The molecule has 3 heterocycles. The van der Waals surface area contributed by atoms with E-state index in [2.05, 4.69) is 28.8 Å². The van der Waals surface area contributed by atoms with Crippen LogP contribution in [0, 0.1) is 0 Å². The summed E-state index contributed by atoms with van der Waals surface area (Å²) in [7, 11) is 0. The Labute approximate surface area is 181 Å². The van der Waals surface area contributed by atoms with Gasteiger partial charge in [0, 0.05) is 55.4 Å². The molecule has 0 spiro atoms. The fourth-order valence-electron chi connectivity index (χ4n) is 3.62. The fraction of sp³-hybridized carbons (Fsp3) is 0.409. The van der Waals surface area contributed by atoms with Gasteiger partial charge in [0.05, 0.1) is 11.8 Å². The van der Waals surface area contributed by atoms with E-state index >= 15 is 0 Å². The second kappa shape index (κ2) is 9.02. The SMILES string of the molecule is CC(C)n1ncc2cc(C(=O)N3CCN(CCOc4ccc(Cl)cc4)CC3)cnc21. The number of ether oxygens (including phenoxy) is 1. The lowest BCUT2D eigenvalue weighted by Gasteiger charge is -2.34. The third-order valence-electron chi connectivity index (χ3n) is 5.32. The highest BCUT2D eigenvalue weighted by Crippen LogP contribution is 2.18. The third-order valence-corrected chi connectivity index (χ3v) is 5.57. The largest absolute Gasteiger partial charge is 0.492 e. The van der Waals surface area contributed by atoms with Crippen LogP contribution in [0.2, 0.25) is 5.02 Å². The number of rotatable bonds is 6. The zero-order chi connectivity index (χ0) is 21.1. The third kappa shape index (κ3) is 4.57. The van der Waals surface area contributed by atoms with Gasteiger partial charge in [-0.15, -0.1) is 0 Å². The minimum absolute atomic E-state index is 0.0266. The van der Waals surface area contributed by atoms with Crippen LogP contribution < -0.4 is 4.74 Å². The van der Waals surface area contributed by atoms with Crippen molar-refractivity contribution in [2.75, 3.05) is 39.3 Å². The number of carbonyl (C=O) groups excluding carboxylic acids is 1. The van der Waals surface area contributed by atoms with Crippen LogP contribution in [0.15, 0.2) is 42.7 Å². The first kappa shape index (κ1) is 20.6. The van der Waals surface area contributed by atoms with Crippen molar-refractivity contribution < 1.29 is 9.53 Å². The van der Waals surface area contributed by atoms with Gasteiger partial charge in [0.1, 0.15) is 12.4 Å². The van der Waals surface area contributed by atoms with Crippen LogP contribution >= 0.6 is 11.6 Å². The Balaban J connectivity index is 1.28. The van der Waals surface area contributed by atoms with Gasteiger partial charge in [0.25, 0.3) is 5.91 Å². The van der Waals surface area contributed by atoms with Crippen molar-refractivity contribution in [3.8, 4) is 5.75 Å². The molecule has 1 aromatic carbocycles. The molecule has 1 fully saturated rings. The Hall–Kier alpha value is -2.64. The fourth-order valence-corrected chi connectivity index (χ4v) is 3.74. The number of carbonyl (C=O) groups is 1. The van der Waals surface area contributed by atoms with Crippen LogP contribution in [-0.2, 0) is 0 Å². The number of fused-ring (bicyclic) bond motifs is 1. The van der Waals surface area contributed by atoms with Crippen molar-refractivity contribution in [1.29, 1.82) is 0 Å². The smallest absolute Gasteiger partial charge is 0.255 e. The summed E-state index contributed by atoms with van der Waals surface area (Å²) < 4.78 is 7.64. The van der Waals surface area contributed by atoms with Crippen LogP contribution in [0.1, 0.15) is 30.2 Å². The van der Waals surface area contributed by atoms with Crippen LogP contribution in [0.25, 0.3) is 11.0 Å². The quantitative estimate of drug-likeness (QED) is 0.602. The van der Waals surface area contributed by atoms with E-state index in [1.165, 1.54) is 0 Å². The number of hydrogen-bond acceptors (Lipinski definition) is 5. The van der Waals surface area contributed by atoms with E-state index in [1.807, 2.05) is 39.9 Å². The zero-order valence-corrected chi connectivity index (χ0v) is 18.0. The molecule has 158 valence electrons. The molecular formula is C22H26ClN5O2. The van der Waals surface area contributed by atoms with E-state index in [0.29, 0.717) is 30.3 Å². The average molecular weight is 428 g/mol. The number of benzene rings is 1. The number of amides is 1. The van der Waals surface area contributed by atoms with Gasteiger partial charge >= 0.3 is 0 Å². The molecule has 0 N–H and O–H groups in total. The van der Waals surface area contributed by atoms with Gasteiger partial charge in [-0.3, -0.25) is 9.69 Å². The van der Waals surface area contributed by atoms with Crippen LogP contribution in [-0.4, -0.2) is 69.8 Å². The summed E-state index contributed by atoms with van der Waals surface area (Å²) in [6, 6.07) is 9.50. The molecule has 0 atom stereocenters. The Morgan fingerprint density at radius 1 is 1.13 bits per heavy atom. The Morgan fingerprint density at radius 3 is 2.57 bits per heavy atom. The topological polar surface area (TPSA) is 63.5 Å². The van der Waals surface area contributed by atoms with Crippen molar-refractivity contribution in [2.45, 2.75) is 19.9 Å². The minimum Gasteiger partial charge on any atom is -0.492 e. The lowest BCUT2D eigenvalue weighted by molar-refractivity contribution is 0.0620. The number of halogens is 1. The van der Waals surface area contributed by atoms with Crippen molar-refractivity contribution in [2.24, 2.45) is 0 Å². The summed E-state index contributed by atoms with van der Waals surface area (Å²) in [6.45, 7) is 8.61. The van der Waals surface area contributed by atoms with Gasteiger partial charge in [0.2, 0.25) is 0 Å². The molecule has 1 saturated heterocycles. The molecule has 1 aliphatic rings. The van der Waals surface area contributed by atoms with E-state index in [4.69, 9.17) is 16.3 Å². The zero-order valence-electron chi connectivity index (χ0n) is 17.3. The first-order valence-electron chi connectivity index (χ1n) is 10.2. The molecule has 1 aliphatic heterocycles. The van der Waals surface area contributed by atoms with E-state index in [9.17, 15) is 4.79 Å². The Morgan fingerprint density at radius 2 is 1.87 bits per heavy atom. The maximum absolute atomic E-state index is 12.9. The number of pyridine rings is 1. The highest BCUT2D eigenvalue weighted by molar-refractivity contribution is 6.30. The van der Waals surface area contributed by atoms with Gasteiger partial charge < -0.3 is 9.64 Å². The van der Waals surface area contributed by atoms with Gasteiger partial charge in [-0.05, 0) is 44.2 Å². The summed E-state index contributed by atoms with van der Waals surface area (Å²) in [6.07, 6.45) is 3.44. The number of piperazine rings is 1. The van der Waals surface area contributed by atoms with Gasteiger partial charge in [-0.1, -0.05) is 11.6 Å². The number of hydrogen-bond donors (Lipinski definition) is 0. The monoisotopic (exact) mass is 427 g/mol. The van der Waals surface area contributed by atoms with Crippen LogP contribution in [0.5, 0.6) is 5.75 Å². The first-order chi connectivity index (χ1) is 14.5. The molecule has 3 aromatic rings. The van der Waals surface area contributed by atoms with Gasteiger partial charge in [0.15, 0.2) is 5.65 Å². The van der Waals surface area contributed by atoms with E-state index in [1.54, 1.807) is 12.4 Å². The molecular weight excluding hydrogens is 402 g/mol. The van der Waals surface area contributed by atoms with Crippen molar-refractivity contribution in [3.05, 3.63) is 53.3 Å². The second-order valence-electron chi connectivity index (χ2n) is 7.76. The molecule has 8 heteroatoms. The van der Waals surface area contributed by atoms with Crippen molar-refractivity contribution in [1.82, 2.24) is 24.6 Å². The maximum atomic E-state index is 12.9. The number of nitrogens with zero attached hydrogens (tertiary/aromatic N) is 5. The molecule has 7 nitrogen and oxygen atoms in total. The molecule has 0 aliphatic carbocycles. The second-order valence-corrected chi connectivity index (χ2v) is 8.19. The minimum atomic E-state index is 0.0266. The summed E-state index contributed by atoms with van der Waals surface area (Å²) in [5.41, 5.74) is 1.43. The van der Waals surface area contributed by atoms with E-state index < -0.39 is 0 Å². The van der Waals surface area contributed by atoms with E-state index in [0.717, 1.165) is 36.4 Å². The predicted octanol–water partition coefficient (Wildman–Crippen LogP) is 3.50. The summed E-state index contributed by atoms with van der Waals surface area (Å²) >= 11 is 5.89. The molecule has 0 unspecified atom stereocenters. The van der Waals surface area contributed by atoms with Crippen molar-refractivity contribution in [3.63, 3.8) is 0 Å². The molecule has 30 heavy (non-hydrogen) atoms. The Bertz CT molecular complexity index is 1010. The normalized spacial score (nSPS) is 15.1. The first-order valence-corrected chi connectivity index (χ1v) is 10.6.